The molecule has 1 unspecified atom stereocenters. The Balaban J connectivity index is 1.27. The van der Waals surface area contributed by atoms with Crippen molar-refractivity contribution in [3.05, 3.63) is 60.2 Å². The van der Waals surface area contributed by atoms with Crippen LogP contribution in [0.5, 0.6) is 5.75 Å². The number of carbonyl (C=O) groups is 1. The number of hydrogen-bond donors (Lipinski definition) is 0. The zero-order valence-electron chi connectivity index (χ0n) is 17.7. The third-order valence-corrected chi connectivity index (χ3v) is 6.17. The lowest BCUT2D eigenvalue weighted by Crippen LogP contribution is -2.59. The topological polar surface area (TPSA) is 84.6 Å². The fourth-order valence-electron chi connectivity index (χ4n) is 4.77. The van der Waals surface area contributed by atoms with E-state index in [9.17, 15) is 4.79 Å². The molecular formula is C23H25N5O3. The molecule has 0 radical (unpaired) electrons. The van der Waals surface area contributed by atoms with Gasteiger partial charge in [-0.15, -0.1) is 0 Å². The van der Waals surface area contributed by atoms with Gasteiger partial charge in [0.2, 0.25) is 11.7 Å². The highest BCUT2D eigenvalue weighted by Gasteiger charge is 2.53. The summed E-state index contributed by atoms with van der Waals surface area (Å²) in [6, 6.07) is 11.2. The zero-order valence-corrected chi connectivity index (χ0v) is 17.7. The van der Waals surface area contributed by atoms with Gasteiger partial charge in [-0.2, -0.15) is 4.98 Å². The summed E-state index contributed by atoms with van der Waals surface area (Å²) in [6.45, 7) is 4.79. The SMILES string of the molecule is CCOc1ccccc1C(=O)N1CC2(CC(c3nc(-c4ccncc4)no3)N(C)C2)C1. The van der Waals surface area contributed by atoms with E-state index in [0.29, 0.717) is 29.6 Å². The second kappa shape index (κ2) is 7.77. The molecule has 2 aliphatic heterocycles. The van der Waals surface area contributed by atoms with Crippen molar-refractivity contribution in [2.24, 2.45) is 5.41 Å². The summed E-state index contributed by atoms with van der Waals surface area (Å²) in [7, 11) is 2.07. The molecule has 8 heteroatoms. The standard InChI is InChI=1S/C23H25N5O3/c1-3-30-19-7-5-4-6-17(19)22(29)28-14-23(15-28)12-18(27(2)13-23)21-25-20(26-31-21)16-8-10-24-11-9-16/h4-11,18H,3,12-15H2,1-2H3. The number of pyridine rings is 1. The molecule has 1 atom stereocenters. The van der Waals surface area contributed by atoms with E-state index in [2.05, 4.69) is 27.1 Å². The number of para-hydroxylation sites is 1. The van der Waals surface area contributed by atoms with Gasteiger partial charge >= 0.3 is 0 Å². The number of aromatic nitrogens is 3. The van der Waals surface area contributed by atoms with Gasteiger partial charge in [0.05, 0.1) is 18.2 Å². The van der Waals surface area contributed by atoms with Crippen LogP contribution in [0.3, 0.4) is 0 Å². The fourth-order valence-corrected chi connectivity index (χ4v) is 4.77. The first-order valence-electron chi connectivity index (χ1n) is 10.5. The van der Waals surface area contributed by atoms with Gasteiger partial charge in [0.15, 0.2) is 0 Å². The lowest BCUT2D eigenvalue weighted by molar-refractivity contribution is 0.0112. The Bertz CT molecular complexity index is 1080. The van der Waals surface area contributed by atoms with Crippen molar-refractivity contribution in [1.82, 2.24) is 24.9 Å². The maximum Gasteiger partial charge on any atom is 0.257 e. The second-order valence-electron chi connectivity index (χ2n) is 8.42. The molecule has 3 aromatic rings. The Labute approximate surface area is 180 Å². The van der Waals surface area contributed by atoms with E-state index in [4.69, 9.17) is 9.26 Å². The number of likely N-dealkylation sites (tertiary alicyclic amines) is 2. The Morgan fingerprint density at radius 1 is 1.19 bits per heavy atom. The van der Waals surface area contributed by atoms with E-state index in [1.54, 1.807) is 12.4 Å². The van der Waals surface area contributed by atoms with Crippen LogP contribution in [0.15, 0.2) is 53.3 Å². The number of nitrogens with zero attached hydrogens (tertiary/aromatic N) is 5. The zero-order chi connectivity index (χ0) is 21.4. The normalized spacial score (nSPS) is 20.1. The van der Waals surface area contributed by atoms with Crippen molar-refractivity contribution < 1.29 is 14.1 Å². The van der Waals surface area contributed by atoms with E-state index in [0.717, 1.165) is 31.6 Å². The molecule has 8 nitrogen and oxygen atoms in total. The fraction of sp³-hybridized carbons (Fsp3) is 0.391. The van der Waals surface area contributed by atoms with Crippen LogP contribution >= 0.6 is 0 Å². The van der Waals surface area contributed by atoms with Gasteiger partial charge in [-0.25, -0.2) is 0 Å². The molecule has 31 heavy (non-hydrogen) atoms. The number of hydrogen-bond acceptors (Lipinski definition) is 7. The van der Waals surface area contributed by atoms with E-state index < -0.39 is 0 Å². The van der Waals surface area contributed by atoms with Crippen molar-refractivity contribution in [2.45, 2.75) is 19.4 Å². The molecule has 160 valence electrons. The number of ether oxygens (including phenoxy) is 1. The molecule has 2 saturated heterocycles. The van der Waals surface area contributed by atoms with Gasteiger partial charge in [0.25, 0.3) is 5.91 Å². The average Bonchev–Trinajstić information content (AvgIpc) is 3.38. The van der Waals surface area contributed by atoms with Crippen LogP contribution in [0, 0.1) is 5.41 Å². The van der Waals surface area contributed by atoms with Crippen LogP contribution < -0.4 is 4.74 Å². The lowest BCUT2D eigenvalue weighted by atomic mass is 9.77. The van der Waals surface area contributed by atoms with Crippen molar-refractivity contribution in [3.63, 3.8) is 0 Å². The molecule has 2 aliphatic rings. The average molecular weight is 419 g/mol. The van der Waals surface area contributed by atoms with E-state index in [1.807, 2.05) is 48.2 Å². The molecule has 2 fully saturated rings. The molecule has 4 heterocycles. The molecule has 0 aliphatic carbocycles. The number of carbonyl (C=O) groups excluding carboxylic acids is 1. The molecule has 0 bridgehead atoms. The first kappa shape index (κ1) is 19.7. The number of benzene rings is 1. The van der Waals surface area contributed by atoms with Gasteiger partial charge in [-0.1, -0.05) is 17.3 Å². The Hall–Kier alpha value is -3.26. The van der Waals surface area contributed by atoms with Crippen LogP contribution in [0.1, 0.15) is 35.6 Å². The minimum atomic E-state index is 0.0264. The molecule has 1 amide bonds. The second-order valence-corrected chi connectivity index (χ2v) is 8.42. The summed E-state index contributed by atoms with van der Waals surface area (Å²) in [5.41, 5.74) is 1.57. The summed E-state index contributed by atoms with van der Waals surface area (Å²) in [4.78, 5) is 25.9. The highest BCUT2D eigenvalue weighted by molar-refractivity contribution is 5.97. The van der Waals surface area contributed by atoms with Gasteiger partial charge in [-0.3, -0.25) is 14.7 Å². The van der Waals surface area contributed by atoms with Crippen molar-refractivity contribution in [3.8, 4) is 17.1 Å². The smallest absolute Gasteiger partial charge is 0.257 e. The molecule has 1 aromatic carbocycles. The van der Waals surface area contributed by atoms with Crippen LogP contribution in [-0.2, 0) is 0 Å². The largest absolute Gasteiger partial charge is 0.493 e. The van der Waals surface area contributed by atoms with Crippen LogP contribution in [-0.4, -0.2) is 64.1 Å². The maximum absolute atomic E-state index is 13.0. The monoisotopic (exact) mass is 419 g/mol. The van der Waals surface area contributed by atoms with E-state index in [-0.39, 0.29) is 17.4 Å². The van der Waals surface area contributed by atoms with Crippen molar-refractivity contribution in [1.29, 1.82) is 0 Å². The maximum atomic E-state index is 13.0. The Morgan fingerprint density at radius 3 is 2.74 bits per heavy atom. The van der Waals surface area contributed by atoms with Gasteiger partial charge in [0, 0.05) is 43.0 Å². The van der Waals surface area contributed by atoms with Gasteiger partial charge in [-0.05, 0) is 44.7 Å². The molecule has 0 N–H and O–H groups in total. The molecule has 5 rings (SSSR count). The number of amides is 1. The minimum Gasteiger partial charge on any atom is -0.493 e. The Kier molecular flexibility index (Phi) is 4.94. The summed E-state index contributed by atoms with van der Waals surface area (Å²) in [6.07, 6.45) is 4.32. The van der Waals surface area contributed by atoms with Crippen LogP contribution in [0.4, 0.5) is 0 Å². The van der Waals surface area contributed by atoms with Crippen LogP contribution in [0.25, 0.3) is 11.4 Å². The van der Waals surface area contributed by atoms with E-state index >= 15 is 0 Å². The molecular weight excluding hydrogens is 394 g/mol. The summed E-state index contributed by atoms with van der Waals surface area (Å²) in [5, 5.41) is 4.15. The Morgan fingerprint density at radius 2 is 1.97 bits per heavy atom. The van der Waals surface area contributed by atoms with Gasteiger partial charge in [0.1, 0.15) is 5.75 Å². The first-order valence-corrected chi connectivity index (χ1v) is 10.5. The predicted octanol–water partition coefficient (Wildman–Crippen LogP) is 3.05. The lowest BCUT2D eigenvalue weighted by Gasteiger charge is -2.48. The highest BCUT2D eigenvalue weighted by atomic mass is 16.5. The quantitative estimate of drug-likeness (QED) is 0.628. The first-order chi connectivity index (χ1) is 15.1. The summed E-state index contributed by atoms with van der Waals surface area (Å²) < 4.78 is 11.2. The van der Waals surface area contributed by atoms with Crippen molar-refractivity contribution in [2.75, 3.05) is 33.3 Å². The summed E-state index contributed by atoms with van der Waals surface area (Å²) in [5.74, 6) is 1.87. The number of rotatable bonds is 5. The predicted molar refractivity (Wildman–Crippen MR) is 113 cm³/mol. The summed E-state index contributed by atoms with van der Waals surface area (Å²) >= 11 is 0. The van der Waals surface area contributed by atoms with Gasteiger partial charge < -0.3 is 14.2 Å². The minimum absolute atomic E-state index is 0.0264. The molecule has 0 saturated carbocycles. The van der Waals surface area contributed by atoms with Crippen LogP contribution in [0.2, 0.25) is 0 Å². The highest BCUT2D eigenvalue weighted by Crippen LogP contribution is 2.48. The van der Waals surface area contributed by atoms with E-state index in [1.165, 1.54) is 0 Å². The third-order valence-electron chi connectivity index (χ3n) is 6.17. The molecule has 1 spiro atoms. The molecule has 2 aromatic heterocycles. The van der Waals surface area contributed by atoms with Crippen molar-refractivity contribution >= 4 is 5.91 Å². The third kappa shape index (κ3) is 3.57.